The largest absolute Gasteiger partial charge is 0.368 e. The maximum absolute atomic E-state index is 5.19. The van der Waals surface area contributed by atoms with Gasteiger partial charge in [0.1, 0.15) is 5.76 Å². The normalized spacial score (nSPS) is 15.5. The first-order valence-electron chi connectivity index (χ1n) is 9.84. The molecule has 1 aromatic carbocycles. The molecule has 0 saturated carbocycles. The van der Waals surface area contributed by atoms with Crippen LogP contribution in [0.25, 0.3) is 11.4 Å². The van der Waals surface area contributed by atoms with E-state index in [0.29, 0.717) is 11.7 Å². The molecule has 0 spiro atoms. The molecular formula is C20H27N7O. The molecule has 3 aromatic rings. The molecule has 0 atom stereocenters. The summed E-state index contributed by atoms with van der Waals surface area (Å²) in [6.45, 7) is 11.1. The molecule has 2 aromatic heterocycles. The summed E-state index contributed by atoms with van der Waals surface area (Å²) in [5, 5.41) is 18.8. The Kier molecular flexibility index (Phi) is 5.38. The van der Waals surface area contributed by atoms with Crippen LogP contribution >= 0.6 is 0 Å². The highest BCUT2D eigenvalue weighted by atomic mass is 16.5. The van der Waals surface area contributed by atoms with Gasteiger partial charge in [-0.15, -0.1) is 10.2 Å². The van der Waals surface area contributed by atoms with Crippen LogP contribution in [0.3, 0.4) is 0 Å². The quantitative estimate of drug-likeness (QED) is 0.702. The minimum absolute atomic E-state index is 0.617. The number of anilines is 1. The van der Waals surface area contributed by atoms with Crippen molar-refractivity contribution in [1.82, 2.24) is 30.7 Å². The zero-order valence-corrected chi connectivity index (χ0v) is 16.7. The average Bonchev–Trinajstić information content (AvgIpc) is 3.34. The van der Waals surface area contributed by atoms with E-state index in [9.17, 15) is 0 Å². The second kappa shape index (κ2) is 8.10. The van der Waals surface area contributed by atoms with E-state index in [1.165, 1.54) is 11.3 Å². The van der Waals surface area contributed by atoms with Crippen LogP contribution in [0.4, 0.5) is 5.69 Å². The number of hydrogen-bond acceptors (Lipinski definition) is 7. The molecule has 8 heteroatoms. The zero-order valence-electron chi connectivity index (χ0n) is 16.7. The summed E-state index contributed by atoms with van der Waals surface area (Å²) >= 11 is 0. The number of tetrazole rings is 1. The number of nitrogens with zero attached hydrogens (tertiary/aromatic N) is 6. The van der Waals surface area contributed by atoms with E-state index in [4.69, 9.17) is 4.52 Å². The lowest BCUT2D eigenvalue weighted by molar-refractivity contribution is 0.242. The van der Waals surface area contributed by atoms with Crippen molar-refractivity contribution in [3.8, 4) is 11.4 Å². The van der Waals surface area contributed by atoms with Gasteiger partial charge >= 0.3 is 0 Å². The molecule has 0 aliphatic carbocycles. The van der Waals surface area contributed by atoms with E-state index in [1.807, 2.05) is 13.0 Å². The first-order chi connectivity index (χ1) is 13.6. The number of aryl methyl sites for hydroxylation is 1. The summed E-state index contributed by atoms with van der Waals surface area (Å²) in [5.41, 5.74) is 4.56. The molecule has 0 radical (unpaired) electrons. The molecule has 1 fully saturated rings. The van der Waals surface area contributed by atoms with E-state index < -0.39 is 0 Å². The van der Waals surface area contributed by atoms with Crippen molar-refractivity contribution in [2.24, 2.45) is 5.92 Å². The van der Waals surface area contributed by atoms with Crippen molar-refractivity contribution in [2.45, 2.75) is 33.7 Å². The van der Waals surface area contributed by atoms with E-state index in [1.54, 1.807) is 0 Å². The van der Waals surface area contributed by atoms with Gasteiger partial charge in [-0.2, -0.15) is 5.21 Å². The standard InChI is InChI=1S/C20H27N7O/c1-14(2)10-16-4-5-18(20-21-24-25-22-20)19(12-16)27-8-6-26(7-9-27)13-17-11-15(3)28-23-17/h4-5,11-12,14H,6-10,13H2,1-3H3,(H,21,22,24,25). The van der Waals surface area contributed by atoms with Crippen molar-refractivity contribution < 1.29 is 4.52 Å². The van der Waals surface area contributed by atoms with Gasteiger partial charge in [-0.25, -0.2) is 0 Å². The zero-order chi connectivity index (χ0) is 19.5. The van der Waals surface area contributed by atoms with Gasteiger partial charge in [-0.3, -0.25) is 4.90 Å². The predicted octanol–water partition coefficient (Wildman–Crippen LogP) is 2.68. The van der Waals surface area contributed by atoms with Crippen molar-refractivity contribution >= 4 is 5.69 Å². The van der Waals surface area contributed by atoms with Gasteiger partial charge in [-0.1, -0.05) is 25.1 Å². The summed E-state index contributed by atoms with van der Waals surface area (Å²) in [6.07, 6.45) is 1.06. The highest BCUT2D eigenvalue weighted by Gasteiger charge is 2.22. The lowest BCUT2D eigenvalue weighted by atomic mass is 9.99. The third-order valence-electron chi connectivity index (χ3n) is 5.07. The Morgan fingerprint density at radius 2 is 1.96 bits per heavy atom. The third kappa shape index (κ3) is 4.22. The number of aromatic nitrogens is 5. The lowest BCUT2D eigenvalue weighted by Gasteiger charge is -2.36. The highest BCUT2D eigenvalue weighted by Crippen LogP contribution is 2.31. The van der Waals surface area contributed by atoms with Crippen LogP contribution < -0.4 is 4.90 Å². The maximum atomic E-state index is 5.19. The lowest BCUT2D eigenvalue weighted by Crippen LogP contribution is -2.46. The fraction of sp³-hybridized carbons (Fsp3) is 0.500. The molecule has 3 heterocycles. The summed E-state index contributed by atoms with van der Waals surface area (Å²) in [4.78, 5) is 4.85. The maximum Gasteiger partial charge on any atom is 0.206 e. The van der Waals surface area contributed by atoms with Crippen LogP contribution in [-0.4, -0.2) is 56.9 Å². The van der Waals surface area contributed by atoms with Gasteiger partial charge in [-0.05, 0) is 42.2 Å². The van der Waals surface area contributed by atoms with Crippen LogP contribution in [0.5, 0.6) is 0 Å². The van der Waals surface area contributed by atoms with Gasteiger partial charge in [0.15, 0.2) is 0 Å². The van der Waals surface area contributed by atoms with Gasteiger partial charge in [0.05, 0.1) is 5.69 Å². The molecule has 0 amide bonds. The minimum Gasteiger partial charge on any atom is -0.368 e. The van der Waals surface area contributed by atoms with Crippen molar-refractivity contribution in [2.75, 3.05) is 31.1 Å². The molecular weight excluding hydrogens is 354 g/mol. The molecule has 0 bridgehead atoms. The van der Waals surface area contributed by atoms with E-state index in [0.717, 1.165) is 56.2 Å². The van der Waals surface area contributed by atoms with Crippen molar-refractivity contribution in [1.29, 1.82) is 0 Å². The van der Waals surface area contributed by atoms with Crippen LogP contribution in [0.2, 0.25) is 0 Å². The van der Waals surface area contributed by atoms with Crippen molar-refractivity contribution in [3.05, 3.63) is 41.3 Å². The monoisotopic (exact) mass is 381 g/mol. The van der Waals surface area contributed by atoms with Gasteiger partial charge in [0, 0.05) is 50.0 Å². The molecule has 148 valence electrons. The first kappa shape index (κ1) is 18.6. The van der Waals surface area contributed by atoms with Crippen LogP contribution in [-0.2, 0) is 13.0 Å². The number of benzene rings is 1. The molecule has 1 aliphatic rings. The second-order valence-corrected chi connectivity index (χ2v) is 7.88. The summed E-state index contributed by atoms with van der Waals surface area (Å²) in [6, 6.07) is 8.61. The number of hydrogen-bond donors (Lipinski definition) is 1. The van der Waals surface area contributed by atoms with Gasteiger partial charge < -0.3 is 9.42 Å². The number of rotatable bonds is 6. The SMILES string of the molecule is Cc1cc(CN2CCN(c3cc(CC(C)C)ccc3-c3nn[nH]n3)CC2)no1. The second-order valence-electron chi connectivity index (χ2n) is 7.88. The number of nitrogens with one attached hydrogen (secondary N) is 1. The molecule has 28 heavy (non-hydrogen) atoms. The first-order valence-corrected chi connectivity index (χ1v) is 9.84. The van der Waals surface area contributed by atoms with Crippen LogP contribution in [0.1, 0.15) is 30.9 Å². The number of piperazine rings is 1. The topological polar surface area (TPSA) is 87.0 Å². The van der Waals surface area contributed by atoms with Gasteiger partial charge in [0.2, 0.25) is 5.82 Å². The Bertz CT molecular complexity index is 895. The molecule has 1 aliphatic heterocycles. The Balaban J connectivity index is 1.51. The van der Waals surface area contributed by atoms with Gasteiger partial charge in [0.25, 0.3) is 0 Å². The predicted molar refractivity (Wildman–Crippen MR) is 107 cm³/mol. The Morgan fingerprint density at radius 3 is 2.61 bits per heavy atom. The molecule has 1 N–H and O–H groups in total. The number of H-pyrrole nitrogens is 1. The van der Waals surface area contributed by atoms with Crippen LogP contribution in [0.15, 0.2) is 28.8 Å². The number of aromatic amines is 1. The molecule has 4 rings (SSSR count). The fourth-order valence-corrected chi connectivity index (χ4v) is 3.77. The molecule has 8 nitrogen and oxygen atoms in total. The fourth-order valence-electron chi connectivity index (χ4n) is 3.77. The smallest absolute Gasteiger partial charge is 0.206 e. The van der Waals surface area contributed by atoms with Crippen LogP contribution in [0, 0.1) is 12.8 Å². The minimum atomic E-state index is 0.617. The average molecular weight is 381 g/mol. The highest BCUT2D eigenvalue weighted by molar-refractivity contribution is 5.75. The van der Waals surface area contributed by atoms with E-state index in [-0.39, 0.29) is 0 Å². The van der Waals surface area contributed by atoms with E-state index in [2.05, 4.69) is 67.6 Å². The van der Waals surface area contributed by atoms with Crippen molar-refractivity contribution in [3.63, 3.8) is 0 Å². The summed E-state index contributed by atoms with van der Waals surface area (Å²) in [5.74, 6) is 2.12. The Labute approximate surface area is 164 Å². The molecule has 0 unspecified atom stereocenters. The third-order valence-corrected chi connectivity index (χ3v) is 5.07. The summed E-state index contributed by atoms with van der Waals surface area (Å²) < 4.78 is 5.19. The Hall–Kier alpha value is -2.74. The summed E-state index contributed by atoms with van der Waals surface area (Å²) in [7, 11) is 0. The van der Waals surface area contributed by atoms with E-state index >= 15 is 0 Å². The Morgan fingerprint density at radius 1 is 1.14 bits per heavy atom. The molecule has 1 saturated heterocycles.